The van der Waals surface area contributed by atoms with Crippen molar-refractivity contribution < 1.29 is 5.11 Å². The number of benzene rings is 1. The summed E-state index contributed by atoms with van der Waals surface area (Å²) in [7, 11) is 0. The number of hydrogen-bond donors (Lipinski definition) is 1. The van der Waals surface area contributed by atoms with E-state index in [2.05, 4.69) is 11.8 Å². The van der Waals surface area contributed by atoms with E-state index in [1.54, 1.807) is 0 Å². The first-order chi connectivity index (χ1) is 8.31. The van der Waals surface area contributed by atoms with Gasteiger partial charge in [-0.1, -0.05) is 37.3 Å². The summed E-state index contributed by atoms with van der Waals surface area (Å²) in [5.41, 5.74) is 1.04. The molecule has 1 aliphatic carbocycles. The van der Waals surface area contributed by atoms with Crippen LogP contribution >= 0.6 is 0 Å². The largest absolute Gasteiger partial charge is 0.388 e. The Labute approximate surface area is 104 Å². The molecule has 1 saturated carbocycles. The molecule has 2 heteroatoms. The van der Waals surface area contributed by atoms with Crippen LogP contribution in [0.5, 0.6) is 0 Å². The molecule has 0 amide bonds. The van der Waals surface area contributed by atoms with Crippen LogP contribution in [-0.2, 0) is 0 Å². The van der Waals surface area contributed by atoms with Gasteiger partial charge in [0.25, 0.3) is 0 Å². The van der Waals surface area contributed by atoms with Gasteiger partial charge in [0.05, 0.1) is 6.10 Å². The molecule has 0 bridgehead atoms. The molecular weight excluding hydrogens is 210 g/mol. The average Bonchev–Trinajstić information content (AvgIpc) is 3.19. The summed E-state index contributed by atoms with van der Waals surface area (Å²) in [5, 5.41) is 10.1. The van der Waals surface area contributed by atoms with Crippen LogP contribution in [0, 0.1) is 0 Å². The molecule has 1 aromatic rings. The van der Waals surface area contributed by atoms with Gasteiger partial charge in [0.2, 0.25) is 0 Å². The highest BCUT2D eigenvalue weighted by Crippen LogP contribution is 2.28. The van der Waals surface area contributed by atoms with Gasteiger partial charge in [0.15, 0.2) is 0 Å². The number of hydrogen-bond acceptors (Lipinski definition) is 2. The molecule has 94 valence electrons. The smallest absolute Gasteiger partial charge is 0.0802 e. The first-order valence-electron chi connectivity index (χ1n) is 6.78. The minimum absolute atomic E-state index is 0.311. The Bertz CT molecular complexity index is 321. The van der Waals surface area contributed by atoms with Gasteiger partial charge >= 0.3 is 0 Å². The molecule has 0 saturated heterocycles. The first-order valence-corrected chi connectivity index (χ1v) is 6.78. The van der Waals surface area contributed by atoms with Gasteiger partial charge in [-0.3, -0.25) is 0 Å². The van der Waals surface area contributed by atoms with Crippen LogP contribution < -0.4 is 0 Å². The summed E-state index contributed by atoms with van der Waals surface area (Å²) in [4.78, 5) is 2.53. The zero-order chi connectivity index (χ0) is 12.1. The molecular formula is C15H23NO. The Hall–Kier alpha value is -0.860. The third-order valence-corrected chi connectivity index (χ3v) is 3.45. The summed E-state index contributed by atoms with van der Waals surface area (Å²) in [5.74, 6) is 0. The predicted molar refractivity (Wildman–Crippen MR) is 70.9 cm³/mol. The van der Waals surface area contributed by atoms with E-state index in [-0.39, 0.29) is 6.10 Å². The van der Waals surface area contributed by atoms with Gasteiger partial charge in [-0.15, -0.1) is 0 Å². The maximum Gasteiger partial charge on any atom is 0.0802 e. The zero-order valence-corrected chi connectivity index (χ0v) is 10.7. The molecule has 1 aliphatic rings. The monoisotopic (exact) mass is 233 g/mol. The highest BCUT2D eigenvalue weighted by Gasteiger charge is 2.28. The Morgan fingerprint density at radius 3 is 2.53 bits per heavy atom. The molecule has 1 fully saturated rings. The van der Waals surface area contributed by atoms with Gasteiger partial charge in [-0.05, 0) is 37.8 Å². The van der Waals surface area contributed by atoms with Crippen molar-refractivity contribution in [1.82, 2.24) is 4.90 Å². The molecule has 0 unspecified atom stereocenters. The third-order valence-electron chi connectivity index (χ3n) is 3.45. The van der Waals surface area contributed by atoms with Crippen LogP contribution in [0.3, 0.4) is 0 Å². The van der Waals surface area contributed by atoms with Gasteiger partial charge in [-0.25, -0.2) is 0 Å². The lowest BCUT2D eigenvalue weighted by Crippen LogP contribution is -2.29. The van der Waals surface area contributed by atoms with Gasteiger partial charge in [-0.2, -0.15) is 0 Å². The van der Waals surface area contributed by atoms with Crippen LogP contribution in [0.1, 0.15) is 44.3 Å². The van der Waals surface area contributed by atoms with Gasteiger partial charge < -0.3 is 10.0 Å². The molecule has 1 atom stereocenters. The van der Waals surface area contributed by atoms with Gasteiger partial charge in [0, 0.05) is 12.6 Å². The Morgan fingerprint density at radius 1 is 1.24 bits per heavy atom. The lowest BCUT2D eigenvalue weighted by atomic mass is 10.1. The van der Waals surface area contributed by atoms with E-state index >= 15 is 0 Å². The Balaban J connectivity index is 1.80. The number of aliphatic hydroxyl groups is 1. The molecule has 0 aliphatic heterocycles. The summed E-state index contributed by atoms with van der Waals surface area (Å²) in [6.07, 6.45) is 4.44. The average molecular weight is 233 g/mol. The lowest BCUT2D eigenvalue weighted by molar-refractivity contribution is 0.139. The second kappa shape index (κ2) is 6.18. The van der Waals surface area contributed by atoms with E-state index < -0.39 is 0 Å². The highest BCUT2D eigenvalue weighted by atomic mass is 16.3. The zero-order valence-electron chi connectivity index (χ0n) is 10.7. The van der Waals surface area contributed by atoms with Crippen molar-refractivity contribution in [2.75, 3.05) is 13.1 Å². The van der Waals surface area contributed by atoms with E-state index in [4.69, 9.17) is 0 Å². The topological polar surface area (TPSA) is 23.5 Å². The van der Waals surface area contributed by atoms with E-state index in [0.29, 0.717) is 0 Å². The van der Waals surface area contributed by atoms with Crippen LogP contribution in [0.2, 0.25) is 0 Å². The maximum atomic E-state index is 10.1. The fourth-order valence-corrected chi connectivity index (χ4v) is 2.33. The molecule has 2 nitrogen and oxygen atoms in total. The predicted octanol–water partition coefficient (Wildman–Crippen LogP) is 2.98. The Kier molecular flexibility index (Phi) is 4.57. The van der Waals surface area contributed by atoms with E-state index in [1.165, 1.54) is 25.8 Å². The number of aliphatic hydroxyl groups excluding tert-OH is 1. The SMILES string of the molecule is CCCN(CC[C@@H](O)c1ccccc1)C1CC1. The van der Waals surface area contributed by atoms with Crippen LogP contribution in [0.15, 0.2) is 30.3 Å². The molecule has 0 aromatic heterocycles. The van der Waals surface area contributed by atoms with Crippen molar-refractivity contribution in [3.63, 3.8) is 0 Å². The lowest BCUT2D eigenvalue weighted by Gasteiger charge is -2.22. The standard InChI is InChI=1S/C15H23NO/c1-2-11-16(14-8-9-14)12-10-15(17)13-6-4-3-5-7-13/h3-7,14-15,17H,2,8-12H2,1H3/t15-/m1/s1. The van der Waals surface area contributed by atoms with E-state index in [1.807, 2.05) is 30.3 Å². The van der Waals surface area contributed by atoms with E-state index in [0.717, 1.165) is 24.6 Å². The van der Waals surface area contributed by atoms with Crippen molar-refractivity contribution in [2.45, 2.75) is 44.8 Å². The fourth-order valence-electron chi connectivity index (χ4n) is 2.33. The minimum Gasteiger partial charge on any atom is -0.388 e. The molecule has 1 N–H and O–H groups in total. The third kappa shape index (κ3) is 3.83. The summed E-state index contributed by atoms with van der Waals surface area (Å²) in [6.45, 7) is 4.42. The van der Waals surface area contributed by atoms with Crippen molar-refractivity contribution in [3.05, 3.63) is 35.9 Å². The fraction of sp³-hybridized carbons (Fsp3) is 0.600. The summed E-state index contributed by atoms with van der Waals surface area (Å²) in [6, 6.07) is 10.8. The second-order valence-electron chi connectivity index (χ2n) is 4.98. The number of rotatable bonds is 7. The summed E-state index contributed by atoms with van der Waals surface area (Å²) >= 11 is 0. The summed E-state index contributed by atoms with van der Waals surface area (Å²) < 4.78 is 0. The normalized spacial score (nSPS) is 17.4. The van der Waals surface area contributed by atoms with Crippen LogP contribution in [0.4, 0.5) is 0 Å². The minimum atomic E-state index is -0.311. The second-order valence-corrected chi connectivity index (χ2v) is 4.98. The maximum absolute atomic E-state index is 10.1. The van der Waals surface area contributed by atoms with Crippen molar-refractivity contribution >= 4 is 0 Å². The first kappa shape index (κ1) is 12.6. The van der Waals surface area contributed by atoms with Crippen LogP contribution in [0.25, 0.3) is 0 Å². The quantitative estimate of drug-likeness (QED) is 0.782. The van der Waals surface area contributed by atoms with Crippen molar-refractivity contribution in [3.8, 4) is 0 Å². The van der Waals surface area contributed by atoms with E-state index in [9.17, 15) is 5.11 Å². The molecule has 0 heterocycles. The molecule has 0 spiro atoms. The van der Waals surface area contributed by atoms with Crippen LogP contribution in [-0.4, -0.2) is 29.1 Å². The molecule has 2 rings (SSSR count). The highest BCUT2D eigenvalue weighted by molar-refractivity contribution is 5.17. The molecule has 17 heavy (non-hydrogen) atoms. The Morgan fingerprint density at radius 2 is 1.94 bits per heavy atom. The molecule has 0 radical (unpaired) electrons. The molecule has 1 aromatic carbocycles. The van der Waals surface area contributed by atoms with Crippen molar-refractivity contribution in [2.24, 2.45) is 0 Å². The van der Waals surface area contributed by atoms with Gasteiger partial charge in [0.1, 0.15) is 0 Å². The number of nitrogens with zero attached hydrogens (tertiary/aromatic N) is 1. The van der Waals surface area contributed by atoms with Crippen molar-refractivity contribution in [1.29, 1.82) is 0 Å².